The number of halogens is 5. The number of aromatic nitrogens is 3. The van der Waals surface area contributed by atoms with Gasteiger partial charge in [0.1, 0.15) is 11.8 Å². The molecule has 9 nitrogen and oxygen atoms in total. The summed E-state index contributed by atoms with van der Waals surface area (Å²) in [5.41, 5.74) is 1.26. The highest BCUT2D eigenvalue weighted by molar-refractivity contribution is 6.31. The Morgan fingerprint density at radius 1 is 1.04 bits per heavy atom. The normalized spacial score (nSPS) is 18.4. The Morgan fingerprint density at radius 2 is 1.75 bits per heavy atom. The Balaban J connectivity index is 1.33. The van der Waals surface area contributed by atoms with Crippen LogP contribution < -0.4 is 9.47 Å². The predicted octanol–water partition coefficient (Wildman–Crippen LogP) is 6.91. The first-order chi connectivity index (χ1) is 22.9. The third kappa shape index (κ3) is 7.25. The largest absolute Gasteiger partial charge is 0.618 e. The molecular weight excluding hydrogens is 656 g/mol. The Morgan fingerprint density at radius 3 is 2.42 bits per heavy atom. The summed E-state index contributed by atoms with van der Waals surface area (Å²) in [7, 11) is 0. The number of pyridine rings is 1. The average molecular weight is 687 g/mol. The van der Waals surface area contributed by atoms with Crippen LogP contribution in [0.25, 0.3) is 22.3 Å². The van der Waals surface area contributed by atoms with Crippen molar-refractivity contribution in [3.63, 3.8) is 0 Å². The lowest BCUT2D eigenvalue weighted by atomic mass is 10.0. The Bertz CT molecular complexity index is 1830. The molecule has 1 amide bonds. The van der Waals surface area contributed by atoms with E-state index in [1.165, 1.54) is 24.3 Å². The number of hydrogen-bond acceptors (Lipinski definition) is 5. The van der Waals surface area contributed by atoms with Gasteiger partial charge in [0.2, 0.25) is 11.6 Å². The van der Waals surface area contributed by atoms with Crippen LogP contribution in [0.5, 0.6) is 5.75 Å². The molecule has 14 heteroatoms. The Labute approximate surface area is 277 Å². The fourth-order valence-electron chi connectivity index (χ4n) is 6.25. The first-order valence-electron chi connectivity index (χ1n) is 15.5. The second-order valence-corrected chi connectivity index (χ2v) is 12.5. The fourth-order valence-corrected chi connectivity index (χ4v) is 6.41. The minimum absolute atomic E-state index is 0.0284. The molecule has 1 aliphatic heterocycles. The van der Waals surface area contributed by atoms with Gasteiger partial charge in [-0.15, -0.1) is 0 Å². The van der Waals surface area contributed by atoms with Gasteiger partial charge in [-0.25, -0.2) is 9.18 Å². The van der Waals surface area contributed by atoms with Gasteiger partial charge in [0.05, 0.1) is 27.9 Å². The van der Waals surface area contributed by atoms with Crippen LogP contribution in [0.1, 0.15) is 54.2 Å². The second-order valence-electron chi connectivity index (χ2n) is 12.1. The molecule has 1 saturated heterocycles. The zero-order valence-corrected chi connectivity index (χ0v) is 26.3. The molecule has 1 unspecified atom stereocenters. The van der Waals surface area contributed by atoms with Crippen molar-refractivity contribution in [2.75, 3.05) is 19.7 Å². The highest BCUT2D eigenvalue weighted by Crippen LogP contribution is 2.47. The summed E-state index contributed by atoms with van der Waals surface area (Å²) in [5.74, 6) is -2.64. The summed E-state index contributed by atoms with van der Waals surface area (Å²) in [6, 6.07) is 10.6. The number of carboxylic acid groups (broad SMARTS) is 1. The van der Waals surface area contributed by atoms with Crippen LogP contribution >= 0.6 is 11.6 Å². The number of hydrogen-bond donors (Lipinski definition) is 1. The Hall–Kier alpha value is -4.65. The summed E-state index contributed by atoms with van der Waals surface area (Å²) in [5, 5.41) is 27.1. The maximum Gasteiger partial charge on any atom is 0.422 e. The molecular formula is C34H31ClF4N4O5. The highest BCUT2D eigenvalue weighted by atomic mass is 35.5. The molecule has 48 heavy (non-hydrogen) atoms. The molecule has 3 heterocycles. The molecule has 2 fully saturated rings. The van der Waals surface area contributed by atoms with Crippen molar-refractivity contribution in [1.29, 1.82) is 0 Å². The third-order valence-electron chi connectivity index (χ3n) is 8.84. The number of amides is 1. The van der Waals surface area contributed by atoms with Gasteiger partial charge in [0.15, 0.2) is 18.6 Å². The van der Waals surface area contributed by atoms with Gasteiger partial charge in [-0.2, -0.15) is 23.0 Å². The number of benzene rings is 2. The number of rotatable bonds is 10. The van der Waals surface area contributed by atoms with Crippen LogP contribution in [0.4, 0.5) is 17.6 Å². The maximum atomic E-state index is 15.2. The molecule has 0 spiro atoms. The van der Waals surface area contributed by atoms with E-state index < -0.39 is 36.4 Å². The van der Waals surface area contributed by atoms with Crippen LogP contribution in [0, 0.1) is 22.9 Å². The summed E-state index contributed by atoms with van der Waals surface area (Å²) < 4.78 is 61.0. The lowest BCUT2D eigenvalue weighted by molar-refractivity contribution is -0.615. The fraction of sp³-hybridized carbons (Fsp3) is 0.353. The predicted molar refractivity (Wildman–Crippen MR) is 167 cm³/mol. The molecule has 2 aliphatic rings. The van der Waals surface area contributed by atoms with Crippen molar-refractivity contribution in [2.24, 2.45) is 11.8 Å². The molecule has 3 atom stereocenters. The van der Waals surface area contributed by atoms with Gasteiger partial charge < -0.3 is 20.0 Å². The topological polar surface area (TPSA) is 112 Å². The zero-order valence-electron chi connectivity index (χ0n) is 25.5. The number of ether oxygens (including phenoxy) is 1. The molecule has 0 radical (unpaired) electrons. The summed E-state index contributed by atoms with van der Waals surface area (Å²) in [6.07, 6.45) is 3.74. The van der Waals surface area contributed by atoms with Crippen LogP contribution in [-0.2, 0) is 4.79 Å². The molecule has 1 N–H and O–H groups in total. The Kier molecular flexibility index (Phi) is 9.33. The summed E-state index contributed by atoms with van der Waals surface area (Å²) in [6.45, 7) is -0.213. The number of aromatic carboxylic acids is 1. The molecule has 1 aliphatic carbocycles. The van der Waals surface area contributed by atoms with Crippen molar-refractivity contribution >= 4 is 23.5 Å². The van der Waals surface area contributed by atoms with Gasteiger partial charge >= 0.3 is 12.1 Å². The minimum atomic E-state index is -4.68. The van der Waals surface area contributed by atoms with E-state index in [2.05, 4.69) is 5.10 Å². The summed E-state index contributed by atoms with van der Waals surface area (Å²) in [4.78, 5) is 26.4. The molecule has 2 aromatic carbocycles. The standard InChI is InChI=1S/C34H31ClF4N4O5/c35-26-9-11-29(48-19-34(37,38)39)30(31(26)36)22-8-10-27(43(47)18-22)28(15-23-14-25(23)32(44)41-12-2-1-3-13-41)42-17-24(16-40-42)20-4-6-21(7-5-20)33(45)46/h4-11,16-18,23,25,28H,1-3,12-15,19H2,(H,45,46)/t23-,25-,28?/m0/s1. The minimum Gasteiger partial charge on any atom is -0.618 e. The molecule has 0 bridgehead atoms. The van der Waals surface area contributed by atoms with E-state index in [0.717, 1.165) is 50.7 Å². The zero-order chi connectivity index (χ0) is 34.2. The van der Waals surface area contributed by atoms with Gasteiger partial charge in [-0.1, -0.05) is 23.7 Å². The van der Waals surface area contributed by atoms with Crippen LogP contribution in [0.3, 0.4) is 0 Å². The van der Waals surface area contributed by atoms with E-state index in [9.17, 15) is 33.1 Å². The number of nitrogens with zero attached hydrogens (tertiary/aromatic N) is 4. The SMILES string of the molecule is O=C(O)c1ccc(-c2cnn(C(C[C@@H]3C[C@@H]3C(=O)N3CCCCC3)c3ccc(-c4c(OCC(F)(F)F)ccc(Cl)c4F)c[n+]3[O-])c2)cc1. The quantitative estimate of drug-likeness (QED) is 0.110. The van der Waals surface area contributed by atoms with Gasteiger partial charge in [-0.3, -0.25) is 9.48 Å². The van der Waals surface area contributed by atoms with Gasteiger partial charge in [0.25, 0.3) is 0 Å². The molecule has 252 valence electrons. The van der Waals surface area contributed by atoms with Crippen molar-refractivity contribution in [1.82, 2.24) is 14.7 Å². The van der Waals surface area contributed by atoms with E-state index in [-0.39, 0.29) is 45.1 Å². The number of carbonyl (C=O) groups excluding carboxylic acids is 1. The second kappa shape index (κ2) is 13.5. The van der Waals surface area contributed by atoms with Crippen LogP contribution in [0.2, 0.25) is 5.02 Å². The van der Waals surface area contributed by atoms with E-state index in [0.29, 0.717) is 28.7 Å². The number of carboxylic acids is 1. The van der Waals surface area contributed by atoms with Crippen molar-refractivity contribution in [2.45, 2.75) is 44.3 Å². The molecule has 4 aromatic rings. The van der Waals surface area contributed by atoms with Crippen LogP contribution in [0.15, 0.2) is 67.1 Å². The first-order valence-corrected chi connectivity index (χ1v) is 15.8. The molecule has 1 saturated carbocycles. The lowest BCUT2D eigenvalue weighted by Crippen LogP contribution is -2.37. The monoisotopic (exact) mass is 686 g/mol. The van der Waals surface area contributed by atoms with Crippen molar-refractivity contribution in [3.8, 4) is 28.0 Å². The van der Waals surface area contributed by atoms with Gasteiger partial charge in [0, 0.05) is 36.8 Å². The van der Waals surface area contributed by atoms with E-state index in [1.54, 1.807) is 29.2 Å². The summed E-state index contributed by atoms with van der Waals surface area (Å²) >= 11 is 5.95. The number of likely N-dealkylation sites (tertiary alicyclic amines) is 1. The first kappa shape index (κ1) is 33.3. The smallest absolute Gasteiger partial charge is 0.422 e. The lowest BCUT2D eigenvalue weighted by Gasteiger charge is -2.27. The number of alkyl halides is 3. The van der Waals surface area contributed by atoms with Crippen molar-refractivity contribution in [3.05, 3.63) is 94.4 Å². The van der Waals surface area contributed by atoms with E-state index in [1.807, 2.05) is 4.90 Å². The average Bonchev–Trinajstić information content (AvgIpc) is 3.67. The van der Waals surface area contributed by atoms with E-state index in [4.69, 9.17) is 16.3 Å². The number of carbonyl (C=O) groups is 2. The van der Waals surface area contributed by atoms with Gasteiger partial charge in [-0.05, 0) is 73.9 Å². The molecule has 2 aromatic heterocycles. The van der Waals surface area contributed by atoms with E-state index >= 15 is 4.39 Å². The molecule has 6 rings (SSSR count). The highest BCUT2D eigenvalue weighted by Gasteiger charge is 2.47. The number of piperidine rings is 1. The maximum absolute atomic E-state index is 15.2. The van der Waals surface area contributed by atoms with Crippen molar-refractivity contribution < 1.29 is 41.7 Å². The van der Waals surface area contributed by atoms with Crippen LogP contribution in [-0.4, -0.2) is 57.5 Å². The third-order valence-corrected chi connectivity index (χ3v) is 9.13.